The van der Waals surface area contributed by atoms with Gasteiger partial charge < -0.3 is 54.5 Å². The highest BCUT2D eigenvalue weighted by molar-refractivity contribution is 5.96. The summed E-state index contributed by atoms with van der Waals surface area (Å²) in [6.45, 7) is 6.89. The number of hydrogen-bond acceptors (Lipinski definition) is 16. The Morgan fingerprint density at radius 3 is 2.11 bits per heavy atom. The molecule has 3 aliphatic carbocycles. The van der Waals surface area contributed by atoms with E-state index in [4.69, 9.17) is 30.5 Å². The summed E-state index contributed by atoms with van der Waals surface area (Å²) in [5.41, 5.74) is -10.2. The Bertz CT molecular complexity index is 2640. The van der Waals surface area contributed by atoms with Crippen molar-refractivity contribution in [3.8, 4) is 5.75 Å². The van der Waals surface area contributed by atoms with Crippen molar-refractivity contribution in [1.29, 1.82) is 0 Å². The van der Waals surface area contributed by atoms with Gasteiger partial charge in [-0.25, -0.2) is 9.59 Å². The second-order valence-electron chi connectivity index (χ2n) is 17.3. The van der Waals surface area contributed by atoms with E-state index in [0.29, 0.717) is 0 Å². The summed E-state index contributed by atoms with van der Waals surface area (Å²) in [5.74, 6) is -9.10. The minimum absolute atomic E-state index is 0.0326. The summed E-state index contributed by atoms with van der Waals surface area (Å²) < 4.78 is 70.4. The molecule has 2 bridgehead atoms. The van der Waals surface area contributed by atoms with Gasteiger partial charge in [-0.3, -0.25) is 19.2 Å². The number of ketones is 1. The molecular weight excluding hydrogens is 835 g/mol. The van der Waals surface area contributed by atoms with E-state index < -0.39 is 161 Å². The standard InChI is InChI=1S/C47H51NO16/c1-23-30(62-43(58)33(52)32(26-17-19-29(51)20-18-26)48-41(56)27-13-9-7-10-14-27)21-47(59)40(63-42(57)28-15-11-8-12-16-28)36-45(6,38(55)35(61-24(2)49)31(23)44(47,4)5)37(54)34(53)39-46(36,22-60-39)64-25(3)50/h7-20,30,32-37,39-40,51-54,59H,21-22H2,1-6H3,(H,48,56)/t30-,32-,33+,34-,35+,36-,37-,39+,40-,45-,46+,47+/m1/s1/i7D,9D,10D,13D,14D. The first-order valence-corrected chi connectivity index (χ1v) is 20.3. The Kier molecular flexibility index (Phi) is 10.4. The molecule has 0 spiro atoms. The van der Waals surface area contributed by atoms with Crippen LogP contribution in [0.5, 0.6) is 5.75 Å². The lowest BCUT2D eigenvalue weighted by Crippen LogP contribution is -2.85. The second kappa shape index (κ2) is 16.9. The molecule has 17 nitrogen and oxygen atoms in total. The lowest BCUT2D eigenvalue weighted by Gasteiger charge is -2.68. The molecule has 0 unspecified atom stereocenters. The Morgan fingerprint density at radius 1 is 0.891 bits per heavy atom. The number of Topliss-reactive ketones (excluding diaryl/α,β-unsaturated/α-hetero) is 1. The predicted octanol–water partition coefficient (Wildman–Crippen LogP) is 2.41. The molecule has 3 aromatic rings. The number of fused-ring (bicyclic) bond motifs is 5. The summed E-state index contributed by atoms with van der Waals surface area (Å²) in [7, 11) is 0. The van der Waals surface area contributed by atoms with Crippen molar-refractivity contribution in [2.75, 3.05) is 6.61 Å². The number of ether oxygens (including phenoxy) is 5. The summed E-state index contributed by atoms with van der Waals surface area (Å²) in [6.07, 6.45) is -14.7. The van der Waals surface area contributed by atoms with Gasteiger partial charge in [-0.2, -0.15) is 0 Å². The highest BCUT2D eigenvalue weighted by Gasteiger charge is 2.80. The third-order valence-electron chi connectivity index (χ3n) is 13.3. The number of benzene rings is 3. The van der Waals surface area contributed by atoms with Crippen LogP contribution in [0.4, 0.5) is 0 Å². The molecule has 4 aliphatic rings. The molecule has 2 saturated carbocycles. The first-order chi connectivity index (χ1) is 32.2. The molecular formula is C47H51NO16. The van der Waals surface area contributed by atoms with E-state index >= 15 is 4.79 Å². The maximum atomic E-state index is 15.6. The highest BCUT2D eigenvalue weighted by atomic mass is 16.6. The SMILES string of the molecule is [2H]c1c([2H])c([2H])c(C(=O)N[C@H](c2ccc(O)cc2)[C@H](O)C(=O)O[C@@H]2C[C@]3(O)[C@H](OC(=O)c4ccccc4)[C@H]4[C@@]5(OC(C)=O)CO[C@H]5[C@H](O)[C@@H](O)[C@]4(C)C(=O)[C@@H](OC(C)=O)C(=C2C)C3(C)C)c([2H])c1[2H]. The van der Waals surface area contributed by atoms with E-state index in [1.807, 2.05) is 0 Å². The molecule has 6 N–H and O–H groups in total. The first-order valence-electron chi connectivity index (χ1n) is 22.8. The van der Waals surface area contributed by atoms with Crippen molar-refractivity contribution in [2.24, 2.45) is 16.7 Å². The van der Waals surface area contributed by atoms with Crippen LogP contribution in [0.15, 0.2) is 96.0 Å². The van der Waals surface area contributed by atoms with Crippen LogP contribution < -0.4 is 5.32 Å². The minimum atomic E-state index is -2.62. The zero-order valence-electron chi connectivity index (χ0n) is 40.5. The maximum absolute atomic E-state index is 15.6. The number of carbonyl (C=O) groups is 6. The van der Waals surface area contributed by atoms with E-state index in [1.54, 1.807) is 6.07 Å². The van der Waals surface area contributed by atoms with Gasteiger partial charge in [0.1, 0.15) is 35.8 Å². The molecule has 64 heavy (non-hydrogen) atoms. The van der Waals surface area contributed by atoms with Gasteiger partial charge in [-0.1, -0.05) is 62.3 Å². The fourth-order valence-electron chi connectivity index (χ4n) is 10.1. The normalized spacial score (nSPS) is 33.5. The topological polar surface area (TPSA) is 262 Å². The van der Waals surface area contributed by atoms with Crippen molar-refractivity contribution in [1.82, 2.24) is 5.32 Å². The Morgan fingerprint density at radius 2 is 1.53 bits per heavy atom. The van der Waals surface area contributed by atoms with Crippen LogP contribution in [-0.4, -0.2) is 122 Å². The molecule has 0 aromatic heterocycles. The fraction of sp³-hybridized carbons (Fsp3) is 0.447. The number of amides is 1. The van der Waals surface area contributed by atoms with Gasteiger partial charge in [-0.15, -0.1) is 0 Å². The van der Waals surface area contributed by atoms with Gasteiger partial charge in [0.2, 0.25) is 0 Å². The van der Waals surface area contributed by atoms with E-state index in [9.17, 15) is 49.5 Å². The van der Waals surface area contributed by atoms with Gasteiger partial charge in [0.15, 0.2) is 23.6 Å². The van der Waals surface area contributed by atoms with Crippen molar-refractivity contribution in [3.05, 3.63) is 113 Å². The lowest BCUT2D eigenvalue weighted by molar-refractivity contribution is -0.369. The number of aliphatic hydroxyl groups excluding tert-OH is 3. The molecule has 12 atom stereocenters. The number of hydrogen-bond donors (Lipinski definition) is 6. The Hall–Kier alpha value is -5.98. The zero-order valence-corrected chi connectivity index (χ0v) is 35.5. The van der Waals surface area contributed by atoms with Gasteiger partial charge in [0.25, 0.3) is 5.91 Å². The average Bonchev–Trinajstić information content (AvgIpc) is 3.28. The number of rotatable bonds is 10. The number of esters is 4. The molecule has 1 amide bonds. The van der Waals surface area contributed by atoms with Crippen molar-refractivity contribution < 1.29 is 84.8 Å². The molecule has 3 fully saturated rings. The van der Waals surface area contributed by atoms with Crippen molar-refractivity contribution in [2.45, 2.75) is 108 Å². The molecule has 0 radical (unpaired) electrons. The Labute approximate surface area is 374 Å². The third kappa shape index (κ3) is 7.44. The van der Waals surface area contributed by atoms with Gasteiger partial charge in [0.05, 0.1) is 42.5 Å². The molecule has 1 aliphatic heterocycles. The number of aromatic hydroxyl groups is 1. The van der Waals surface area contributed by atoms with Crippen molar-refractivity contribution in [3.63, 3.8) is 0 Å². The van der Waals surface area contributed by atoms with Gasteiger partial charge >= 0.3 is 23.9 Å². The highest BCUT2D eigenvalue weighted by Crippen LogP contribution is 2.64. The maximum Gasteiger partial charge on any atom is 0.338 e. The van der Waals surface area contributed by atoms with Gasteiger partial charge in [-0.05, 0) is 66.9 Å². The number of nitrogens with one attached hydrogen (secondary N) is 1. The molecule has 7 rings (SSSR count). The molecule has 1 heterocycles. The number of phenolic OH excluding ortho intramolecular Hbond substituents is 1. The van der Waals surface area contributed by atoms with E-state index in [2.05, 4.69) is 5.32 Å². The van der Waals surface area contributed by atoms with Crippen LogP contribution in [-0.2, 0) is 42.9 Å². The molecule has 3 aromatic carbocycles. The number of aliphatic hydroxyl groups is 4. The van der Waals surface area contributed by atoms with Crippen LogP contribution in [0.1, 0.15) is 87.1 Å². The molecule has 1 saturated heterocycles. The smallest absolute Gasteiger partial charge is 0.338 e. The number of carbonyl (C=O) groups excluding carboxylic acids is 6. The predicted molar refractivity (Wildman–Crippen MR) is 221 cm³/mol. The zero-order chi connectivity index (χ0) is 51.0. The molecule has 17 heteroatoms. The molecule has 340 valence electrons. The second-order valence-corrected chi connectivity index (χ2v) is 17.3. The van der Waals surface area contributed by atoms with Crippen LogP contribution in [0.25, 0.3) is 0 Å². The minimum Gasteiger partial charge on any atom is -0.508 e. The fourth-order valence-corrected chi connectivity index (χ4v) is 10.1. The third-order valence-corrected chi connectivity index (χ3v) is 13.3. The van der Waals surface area contributed by atoms with Crippen molar-refractivity contribution >= 4 is 35.6 Å². The largest absolute Gasteiger partial charge is 0.508 e. The summed E-state index contributed by atoms with van der Waals surface area (Å²) in [5, 5.41) is 61.7. The lowest BCUT2D eigenvalue weighted by atomic mass is 9.44. The van der Waals surface area contributed by atoms with Crippen LogP contribution in [0, 0.1) is 16.7 Å². The summed E-state index contributed by atoms with van der Waals surface area (Å²) >= 11 is 0. The quantitative estimate of drug-likeness (QED) is 0.0970. The van der Waals surface area contributed by atoms with E-state index in [0.717, 1.165) is 26.0 Å². The van der Waals surface area contributed by atoms with E-state index in [-0.39, 0.29) is 28.0 Å². The first kappa shape index (κ1) is 39.6. The summed E-state index contributed by atoms with van der Waals surface area (Å²) in [6, 6.07) is 6.02. The Balaban J connectivity index is 1.40. The monoisotopic (exact) mass is 890 g/mol. The van der Waals surface area contributed by atoms with Crippen LogP contribution in [0.3, 0.4) is 0 Å². The number of phenols is 1. The van der Waals surface area contributed by atoms with Crippen LogP contribution >= 0.6 is 0 Å². The average molecular weight is 891 g/mol. The van der Waals surface area contributed by atoms with Crippen LogP contribution in [0.2, 0.25) is 0 Å². The van der Waals surface area contributed by atoms with E-state index in [1.165, 1.54) is 64.1 Å². The van der Waals surface area contributed by atoms with Gasteiger partial charge in [0, 0.05) is 31.2 Å². The summed E-state index contributed by atoms with van der Waals surface area (Å²) in [4.78, 5) is 84.3.